The maximum atomic E-state index is 11.3. The number of hydrogen-bond donors (Lipinski definition) is 2. The number of rotatable bonds is 3. The average Bonchev–Trinajstić information content (AvgIpc) is 2.87. The first-order valence-electron chi connectivity index (χ1n) is 5.30. The molecule has 0 radical (unpaired) electrons. The van der Waals surface area contributed by atoms with E-state index in [0.29, 0.717) is 13.0 Å². The fraction of sp³-hybridized carbons (Fsp3) is 0.500. The smallest absolute Gasteiger partial charge is 0.360 e. The van der Waals surface area contributed by atoms with Gasteiger partial charge in [0.15, 0.2) is 5.69 Å². The molecule has 1 aromatic heterocycles. The molecule has 92 valence electrons. The van der Waals surface area contributed by atoms with Gasteiger partial charge in [-0.05, 0) is 6.42 Å². The summed E-state index contributed by atoms with van der Waals surface area (Å²) in [5.74, 6) is -0.253. The Balaban J connectivity index is 2.09. The summed E-state index contributed by atoms with van der Waals surface area (Å²) in [6.07, 6.45) is 2.78. The van der Waals surface area contributed by atoms with Crippen molar-refractivity contribution in [3.63, 3.8) is 0 Å². The van der Waals surface area contributed by atoms with Crippen LogP contribution in [0.2, 0.25) is 0 Å². The Labute approximate surface area is 97.9 Å². The molecule has 1 atom stereocenters. The van der Waals surface area contributed by atoms with Gasteiger partial charge in [-0.15, -0.1) is 0 Å². The molecular formula is C10H14N4O3. The van der Waals surface area contributed by atoms with Gasteiger partial charge in [-0.25, -0.2) is 9.78 Å². The van der Waals surface area contributed by atoms with E-state index in [0.717, 1.165) is 6.42 Å². The molecule has 0 aliphatic carbocycles. The number of carbonyl (C=O) groups is 2. The van der Waals surface area contributed by atoms with Gasteiger partial charge in [0.1, 0.15) is 5.82 Å². The van der Waals surface area contributed by atoms with Crippen molar-refractivity contribution >= 4 is 17.7 Å². The normalized spacial score (nSPS) is 19.1. The van der Waals surface area contributed by atoms with E-state index in [1.165, 1.54) is 13.4 Å². The van der Waals surface area contributed by atoms with E-state index in [4.69, 9.17) is 5.73 Å². The summed E-state index contributed by atoms with van der Waals surface area (Å²) in [5.41, 5.74) is 5.89. The highest BCUT2D eigenvalue weighted by atomic mass is 16.5. The standard InChI is InChI=1S/C10H14N4O3/c1-17-10(16)8-9(11)14(5-12-8)4-6-2-3-7(15)13-6/h5-6H,2-4,11H2,1H3,(H,13,15). The summed E-state index contributed by atoms with van der Waals surface area (Å²) in [4.78, 5) is 26.2. The Morgan fingerprint density at radius 1 is 1.76 bits per heavy atom. The van der Waals surface area contributed by atoms with Crippen LogP contribution >= 0.6 is 0 Å². The first-order valence-corrected chi connectivity index (χ1v) is 5.30. The molecule has 1 saturated heterocycles. The molecule has 1 unspecified atom stereocenters. The summed E-state index contributed by atoms with van der Waals surface area (Å²) < 4.78 is 6.19. The lowest BCUT2D eigenvalue weighted by Crippen LogP contribution is -2.29. The van der Waals surface area contributed by atoms with Gasteiger partial charge in [0.25, 0.3) is 0 Å². The fourth-order valence-corrected chi connectivity index (χ4v) is 1.84. The molecule has 1 amide bonds. The molecule has 1 aliphatic heterocycles. The van der Waals surface area contributed by atoms with Crippen molar-refractivity contribution in [2.45, 2.75) is 25.4 Å². The Bertz CT molecular complexity index is 454. The van der Waals surface area contributed by atoms with Gasteiger partial charge >= 0.3 is 5.97 Å². The van der Waals surface area contributed by atoms with Gasteiger partial charge in [-0.3, -0.25) is 4.79 Å². The average molecular weight is 238 g/mol. The highest BCUT2D eigenvalue weighted by molar-refractivity contribution is 5.92. The number of nitrogens with zero attached hydrogens (tertiary/aromatic N) is 2. The van der Waals surface area contributed by atoms with Crippen LogP contribution < -0.4 is 11.1 Å². The minimum atomic E-state index is -0.559. The van der Waals surface area contributed by atoms with Crippen molar-refractivity contribution < 1.29 is 14.3 Å². The van der Waals surface area contributed by atoms with Crippen molar-refractivity contribution in [1.29, 1.82) is 0 Å². The first-order chi connectivity index (χ1) is 8.11. The van der Waals surface area contributed by atoms with Gasteiger partial charge in [-0.1, -0.05) is 0 Å². The third kappa shape index (κ3) is 2.22. The minimum Gasteiger partial charge on any atom is -0.464 e. The van der Waals surface area contributed by atoms with Gasteiger partial charge in [0, 0.05) is 19.0 Å². The van der Waals surface area contributed by atoms with Gasteiger partial charge < -0.3 is 20.4 Å². The van der Waals surface area contributed by atoms with Crippen molar-refractivity contribution in [1.82, 2.24) is 14.9 Å². The molecule has 0 aromatic carbocycles. The summed E-state index contributed by atoms with van der Waals surface area (Å²) in [5, 5.41) is 2.82. The Morgan fingerprint density at radius 3 is 3.12 bits per heavy atom. The highest BCUT2D eigenvalue weighted by Crippen LogP contribution is 2.15. The predicted molar refractivity (Wildman–Crippen MR) is 59.1 cm³/mol. The molecule has 7 heteroatoms. The van der Waals surface area contributed by atoms with Crippen LogP contribution in [-0.4, -0.2) is 34.6 Å². The second-order valence-electron chi connectivity index (χ2n) is 3.93. The van der Waals surface area contributed by atoms with E-state index >= 15 is 0 Å². The van der Waals surface area contributed by atoms with Crippen LogP contribution in [0.25, 0.3) is 0 Å². The zero-order chi connectivity index (χ0) is 12.4. The van der Waals surface area contributed by atoms with E-state index in [1.54, 1.807) is 4.57 Å². The van der Waals surface area contributed by atoms with Crippen LogP contribution in [0.3, 0.4) is 0 Å². The zero-order valence-electron chi connectivity index (χ0n) is 9.47. The molecule has 0 bridgehead atoms. The van der Waals surface area contributed by atoms with Gasteiger partial charge in [0.05, 0.1) is 13.4 Å². The van der Waals surface area contributed by atoms with E-state index < -0.39 is 5.97 Å². The number of aromatic nitrogens is 2. The number of nitrogens with two attached hydrogens (primary N) is 1. The molecule has 0 spiro atoms. The van der Waals surface area contributed by atoms with E-state index in [9.17, 15) is 9.59 Å². The largest absolute Gasteiger partial charge is 0.464 e. The highest BCUT2D eigenvalue weighted by Gasteiger charge is 2.23. The number of ether oxygens (including phenoxy) is 1. The quantitative estimate of drug-likeness (QED) is 0.693. The number of methoxy groups -OCH3 is 1. The fourth-order valence-electron chi connectivity index (χ4n) is 1.84. The maximum Gasteiger partial charge on any atom is 0.360 e. The zero-order valence-corrected chi connectivity index (χ0v) is 9.47. The number of anilines is 1. The number of nitrogen functional groups attached to an aromatic ring is 1. The first kappa shape index (κ1) is 11.4. The van der Waals surface area contributed by atoms with Crippen molar-refractivity contribution in [2.75, 3.05) is 12.8 Å². The minimum absolute atomic E-state index is 0.0434. The molecule has 17 heavy (non-hydrogen) atoms. The predicted octanol–water partition coefficient (Wildman–Crippen LogP) is -0.469. The Kier molecular flexibility index (Phi) is 2.99. The van der Waals surface area contributed by atoms with Crippen LogP contribution in [0.1, 0.15) is 23.3 Å². The Hall–Kier alpha value is -2.05. The van der Waals surface area contributed by atoms with Crippen LogP contribution in [0.15, 0.2) is 6.33 Å². The van der Waals surface area contributed by atoms with Crippen molar-refractivity contribution in [3.8, 4) is 0 Å². The van der Waals surface area contributed by atoms with Crippen molar-refractivity contribution in [3.05, 3.63) is 12.0 Å². The molecule has 7 nitrogen and oxygen atoms in total. The second-order valence-corrected chi connectivity index (χ2v) is 3.93. The third-order valence-corrected chi connectivity index (χ3v) is 2.76. The number of imidazole rings is 1. The van der Waals surface area contributed by atoms with Crippen LogP contribution in [0.4, 0.5) is 5.82 Å². The molecular weight excluding hydrogens is 224 g/mol. The van der Waals surface area contributed by atoms with Gasteiger partial charge in [0.2, 0.25) is 5.91 Å². The van der Waals surface area contributed by atoms with E-state index in [1.807, 2.05) is 0 Å². The lowest BCUT2D eigenvalue weighted by atomic mass is 10.2. The lowest BCUT2D eigenvalue weighted by Gasteiger charge is -2.11. The topological polar surface area (TPSA) is 99.2 Å². The molecule has 2 heterocycles. The number of amides is 1. The van der Waals surface area contributed by atoms with Crippen LogP contribution in [0, 0.1) is 0 Å². The van der Waals surface area contributed by atoms with E-state index in [2.05, 4.69) is 15.0 Å². The second kappa shape index (κ2) is 4.44. The van der Waals surface area contributed by atoms with Gasteiger partial charge in [-0.2, -0.15) is 0 Å². The number of esters is 1. The molecule has 1 aromatic rings. The molecule has 1 fully saturated rings. The van der Waals surface area contributed by atoms with Crippen LogP contribution in [-0.2, 0) is 16.1 Å². The molecule has 3 N–H and O–H groups in total. The maximum absolute atomic E-state index is 11.3. The van der Waals surface area contributed by atoms with Crippen molar-refractivity contribution in [2.24, 2.45) is 0 Å². The Morgan fingerprint density at radius 2 is 2.53 bits per heavy atom. The van der Waals surface area contributed by atoms with Crippen LogP contribution in [0.5, 0.6) is 0 Å². The summed E-state index contributed by atoms with van der Waals surface area (Å²) in [6, 6.07) is 0.0458. The third-order valence-electron chi connectivity index (χ3n) is 2.76. The number of hydrogen-bond acceptors (Lipinski definition) is 5. The summed E-state index contributed by atoms with van der Waals surface area (Å²) in [6.45, 7) is 0.515. The number of nitrogens with one attached hydrogen (secondary N) is 1. The van der Waals surface area contributed by atoms with E-state index in [-0.39, 0.29) is 23.5 Å². The lowest BCUT2D eigenvalue weighted by molar-refractivity contribution is -0.119. The molecule has 1 aliphatic rings. The number of carbonyl (C=O) groups excluding carboxylic acids is 2. The molecule has 2 rings (SSSR count). The monoisotopic (exact) mass is 238 g/mol. The summed E-state index contributed by atoms with van der Waals surface area (Å²) in [7, 11) is 1.28. The summed E-state index contributed by atoms with van der Waals surface area (Å²) >= 11 is 0. The SMILES string of the molecule is COC(=O)c1ncn(CC2CCC(=O)N2)c1N. The molecule has 0 saturated carbocycles.